The maximum atomic E-state index is 14.3. The summed E-state index contributed by atoms with van der Waals surface area (Å²) in [5.41, 5.74) is 2.50. The summed E-state index contributed by atoms with van der Waals surface area (Å²) in [5.74, 6) is 0.707. The third kappa shape index (κ3) is 4.33. The van der Waals surface area contributed by atoms with E-state index in [1.165, 1.54) is 6.07 Å². The third-order valence-corrected chi connectivity index (χ3v) is 5.64. The lowest BCUT2D eigenvalue weighted by atomic mass is 10.1. The fraction of sp³-hybridized carbons (Fsp3) is 0.304. The van der Waals surface area contributed by atoms with Gasteiger partial charge in [-0.25, -0.2) is 4.39 Å². The molecule has 0 aliphatic heterocycles. The van der Waals surface area contributed by atoms with Gasteiger partial charge in [0.15, 0.2) is 0 Å². The summed E-state index contributed by atoms with van der Waals surface area (Å²) >= 11 is 6.18. The molecule has 1 saturated carbocycles. The van der Waals surface area contributed by atoms with Gasteiger partial charge in [-0.1, -0.05) is 28.9 Å². The Morgan fingerprint density at radius 1 is 1.23 bits per heavy atom. The zero-order valence-electron chi connectivity index (χ0n) is 16.8. The topological polar surface area (TPSA) is 55.6 Å². The van der Waals surface area contributed by atoms with Crippen molar-refractivity contribution in [3.05, 3.63) is 81.4 Å². The van der Waals surface area contributed by atoms with Crippen molar-refractivity contribution in [3.8, 4) is 5.75 Å². The zero-order chi connectivity index (χ0) is 21.3. The Morgan fingerprint density at radius 2 is 2.00 bits per heavy atom. The molecule has 7 heteroatoms. The molecular weight excluding hydrogens is 407 g/mol. The van der Waals surface area contributed by atoms with Gasteiger partial charge < -0.3 is 14.2 Å². The third-order valence-electron chi connectivity index (χ3n) is 5.28. The summed E-state index contributed by atoms with van der Waals surface area (Å²) in [6, 6.07) is 11.7. The number of rotatable bonds is 7. The number of benzene rings is 2. The van der Waals surface area contributed by atoms with Gasteiger partial charge in [-0.2, -0.15) is 0 Å². The second-order valence-corrected chi connectivity index (χ2v) is 7.89. The van der Waals surface area contributed by atoms with E-state index in [1.807, 2.05) is 13.8 Å². The lowest BCUT2D eigenvalue weighted by Crippen LogP contribution is -2.33. The predicted molar refractivity (Wildman–Crippen MR) is 111 cm³/mol. The molecule has 1 aliphatic rings. The molecule has 0 atom stereocenters. The second kappa shape index (κ2) is 8.48. The van der Waals surface area contributed by atoms with Crippen molar-refractivity contribution in [2.45, 2.75) is 45.9 Å². The van der Waals surface area contributed by atoms with Crippen LogP contribution in [0.15, 0.2) is 47.0 Å². The summed E-state index contributed by atoms with van der Waals surface area (Å²) in [6.07, 6.45) is 1.81. The van der Waals surface area contributed by atoms with E-state index in [9.17, 15) is 9.18 Å². The van der Waals surface area contributed by atoms with E-state index in [4.69, 9.17) is 20.9 Å². The molecule has 1 heterocycles. The Morgan fingerprint density at radius 3 is 2.67 bits per heavy atom. The number of hydrogen-bond acceptors (Lipinski definition) is 4. The van der Waals surface area contributed by atoms with E-state index in [0.29, 0.717) is 34.3 Å². The Kier molecular flexibility index (Phi) is 5.77. The van der Waals surface area contributed by atoms with Crippen LogP contribution < -0.4 is 4.74 Å². The van der Waals surface area contributed by atoms with Gasteiger partial charge >= 0.3 is 0 Å². The number of aromatic nitrogens is 1. The van der Waals surface area contributed by atoms with Crippen LogP contribution in [0.4, 0.5) is 4.39 Å². The summed E-state index contributed by atoms with van der Waals surface area (Å²) in [4.78, 5) is 14.9. The smallest absolute Gasteiger partial charge is 0.254 e. The number of aryl methyl sites for hydroxylation is 2. The minimum Gasteiger partial charge on any atom is -0.489 e. The average molecular weight is 429 g/mol. The Labute approximate surface area is 179 Å². The van der Waals surface area contributed by atoms with Crippen LogP contribution in [0.25, 0.3) is 0 Å². The first-order valence-corrected chi connectivity index (χ1v) is 10.2. The second-order valence-electron chi connectivity index (χ2n) is 7.48. The number of amides is 1. The van der Waals surface area contributed by atoms with Crippen molar-refractivity contribution in [1.82, 2.24) is 10.1 Å². The lowest BCUT2D eigenvalue weighted by molar-refractivity contribution is 0.0728. The number of carbonyl (C=O) groups is 1. The van der Waals surface area contributed by atoms with Gasteiger partial charge in [0.25, 0.3) is 5.91 Å². The highest BCUT2D eigenvalue weighted by molar-refractivity contribution is 6.31. The van der Waals surface area contributed by atoms with Crippen LogP contribution in [0.2, 0.25) is 5.02 Å². The monoisotopic (exact) mass is 428 g/mol. The summed E-state index contributed by atoms with van der Waals surface area (Å²) in [5, 5.41) is 4.24. The largest absolute Gasteiger partial charge is 0.489 e. The Bertz CT molecular complexity index is 1040. The van der Waals surface area contributed by atoms with E-state index < -0.39 is 5.82 Å². The van der Waals surface area contributed by atoms with Crippen molar-refractivity contribution in [2.75, 3.05) is 0 Å². The van der Waals surface area contributed by atoms with Crippen LogP contribution in [-0.4, -0.2) is 22.0 Å². The van der Waals surface area contributed by atoms with E-state index in [1.54, 1.807) is 41.3 Å². The first kappa shape index (κ1) is 20.4. The molecule has 0 bridgehead atoms. The molecule has 1 aromatic heterocycles. The first-order valence-electron chi connectivity index (χ1n) is 9.82. The van der Waals surface area contributed by atoms with Gasteiger partial charge in [0.1, 0.15) is 23.9 Å². The van der Waals surface area contributed by atoms with Gasteiger partial charge in [0.2, 0.25) is 0 Å². The minimum absolute atomic E-state index is 0.0973. The molecule has 3 aromatic rings. The molecule has 1 amide bonds. The number of ether oxygens (including phenoxy) is 1. The standard InChI is InChI=1S/C23H22ClFN2O3/c1-14-20(15(2)30-26-14)13-29-18-6-3-5-16(11-18)23(28)27(17-9-10-17)12-19-21(24)7-4-8-22(19)25/h3-8,11,17H,9-10,12-13H2,1-2H3. The van der Waals surface area contributed by atoms with Gasteiger partial charge in [0.05, 0.1) is 17.8 Å². The summed E-state index contributed by atoms with van der Waals surface area (Å²) in [7, 11) is 0. The predicted octanol–water partition coefficient (Wildman–Crippen LogP) is 5.47. The van der Waals surface area contributed by atoms with Crippen LogP contribution in [0.5, 0.6) is 5.75 Å². The van der Waals surface area contributed by atoms with Crippen molar-refractivity contribution >= 4 is 17.5 Å². The molecule has 1 aliphatic carbocycles. The van der Waals surface area contributed by atoms with Gasteiger partial charge in [0, 0.05) is 22.2 Å². The van der Waals surface area contributed by atoms with Gasteiger partial charge in [-0.3, -0.25) is 4.79 Å². The average Bonchev–Trinajstić information content (AvgIpc) is 3.52. The number of carbonyl (C=O) groups excluding carboxylic acids is 1. The molecule has 0 spiro atoms. The fourth-order valence-corrected chi connectivity index (χ4v) is 3.58. The molecule has 156 valence electrons. The molecular formula is C23H22ClFN2O3. The van der Waals surface area contributed by atoms with E-state index >= 15 is 0 Å². The number of nitrogens with zero attached hydrogens (tertiary/aromatic N) is 2. The molecule has 1 fully saturated rings. The minimum atomic E-state index is -0.405. The highest BCUT2D eigenvalue weighted by Gasteiger charge is 2.34. The van der Waals surface area contributed by atoms with Gasteiger partial charge in [-0.05, 0) is 57.0 Å². The maximum absolute atomic E-state index is 14.3. The highest BCUT2D eigenvalue weighted by Crippen LogP contribution is 2.32. The van der Waals surface area contributed by atoms with Crippen molar-refractivity contribution < 1.29 is 18.4 Å². The molecule has 4 rings (SSSR count). The molecule has 30 heavy (non-hydrogen) atoms. The van der Waals surface area contributed by atoms with Crippen LogP contribution in [0.3, 0.4) is 0 Å². The highest BCUT2D eigenvalue weighted by atomic mass is 35.5. The molecule has 0 unspecified atom stereocenters. The lowest BCUT2D eigenvalue weighted by Gasteiger charge is -2.23. The number of halogens is 2. The SMILES string of the molecule is Cc1noc(C)c1COc1cccc(C(=O)N(Cc2c(F)cccc2Cl)C2CC2)c1. The van der Waals surface area contributed by atoms with Crippen molar-refractivity contribution in [2.24, 2.45) is 0 Å². The Balaban J connectivity index is 1.52. The van der Waals surface area contributed by atoms with E-state index in [-0.39, 0.29) is 18.5 Å². The van der Waals surface area contributed by atoms with Crippen LogP contribution in [-0.2, 0) is 13.2 Å². The van der Waals surface area contributed by atoms with E-state index in [0.717, 1.165) is 24.1 Å². The van der Waals surface area contributed by atoms with Gasteiger partial charge in [-0.15, -0.1) is 0 Å². The summed E-state index contributed by atoms with van der Waals surface area (Å²) < 4.78 is 25.3. The van der Waals surface area contributed by atoms with Crippen molar-refractivity contribution in [1.29, 1.82) is 0 Å². The molecule has 0 radical (unpaired) electrons. The molecule has 0 saturated heterocycles. The zero-order valence-corrected chi connectivity index (χ0v) is 17.6. The van der Waals surface area contributed by atoms with Crippen molar-refractivity contribution in [3.63, 3.8) is 0 Å². The van der Waals surface area contributed by atoms with Crippen LogP contribution in [0.1, 0.15) is 45.8 Å². The normalized spacial score (nSPS) is 13.3. The fourth-order valence-electron chi connectivity index (χ4n) is 3.35. The van der Waals surface area contributed by atoms with Crippen LogP contribution in [0, 0.1) is 19.7 Å². The first-order chi connectivity index (χ1) is 14.4. The molecule has 5 nitrogen and oxygen atoms in total. The maximum Gasteiger partial charge on any atom is 0.254 e. The van der Waals surface area contributed by atoms with E-state index in [2.05, 4.69) is 5.16 Å². The quantitative estimate of drug-likeness (QED) is 0.501. The number of hydrogen-bond donors (Lipinski definition) is 0. The molecule has 0 N–H and O–H groups in total. The Hall–Kier alpha value is -2.86. The van der Waals surface area contributed by atoms with Crippen LogP contribution >= 0.6 is 11.6 Å². The summed E-state index contributed by atoms with van der Waals surface area (Å²) in [6.45, 7) is 4.13. The molecule has 2 aromatic carbocycles.